The molecule has 3 nitrogen and oxygen atoms in total. The van der Waals surface area contributed by atoms with Gasteiger partial charge in [0, 0.05) is 21.9 Å². The lowest BCUT2D eigenvalue weighted by Gasteiger charge is -2.36. The van der Waals surface area contributed by atoms with E-state index in [0.29, 0.717) is 0 Å². The van der Waals surface area contributed by atoms with Crippen molar-refractivity contribution >= 4 is 68.8 Å². The van der Waals surface area contributed by atoms with E-state index >= 15 is 0 Å². The number of benzene rings is 10. The highest BCUT2D eigenvalue weighted by Crippen LogP contribution is 2.39. The maximum absolute atomic E-state index is 12.1. The van der Waals surface area contributed by atoms with Crippen LogP contribution in [0.25, 0.3) is 60.9 Å². The topological polar surface area (TPSA) is 34.4 Å². The van der Waals surface area contributed by atoms with Crippen molar-refractivity contribution in [2.45, 2.75) is 0 Å². The first-order valence-electron chi connectivity index (χ1n) is 22.1. The van der Waals surface area contributed by atoms with Gasteiger partial charge in [-0.2, -0.15) is 0 Å². The first-order chi connectivity index (χ1) is 32.2. The molecule has 12 rings (SSSR count). The molecular formula is C60H41BNO2Si. The molecule has 305 valence electrons. The lowest BCUT2D eigenvalue weighted by atomic mass is 9.59. The van der Waals surface area contributed by atoms with Gasteiger partial charge in [0.25, 0.3) is 0 Å². The van der Waals surface area contributed by atoms with Crippen molar-refractivity contribution in [2.75, 3.05) is 0 Å². The van der Waals surface area contributed by atoms with Gasteiger partial charge in [-0.1, -0.05) is 206 Å². The molecule has 0 saturated carbocycles. The minimum Gasteiger partial charge on any atom is -0.507 e. The first-order valence-corrected chi connectivity index (χ1v) is 24.1. The summed E-state index contributed by atoms with van der Waals surface area (Å²) in [6.07, 6.45) is 0. The van der Waals surface area contributed by atoms with Gasteiger partial charge in [-0.25, -0.2) is 0 Å². The van der Waals surface area contributed by atoms with E-state index in [4.69, 9.17) is 4.74 Å². The minimum atomic E-state index is -2.85. The fraction of sp³-hybridized carbons (Fsp3) is 0. The molecule has 1 aliphatic heterocycles. The second-order valence-corrected chi connectivity index (χ2v) is 20.5. The van der Waals surface area contributed by atoms with Crippen LogP contribution in [0.2, 0.25) is 0 Å². The van der Waals surface area contributed by atoms with Gasteiger partial charge in [0.15, 0.2) is 8.07 Å². The van der Waals surface area contributed by atoms with Gasteiger partial charge in [-0.15, -0.1) is 0 Å². The Morgan fingerprint density at radius 1 is 0.400 bits per heavy atom. The first kappa shape index (κ1) is 38.5. The highest BCUT2D eigenvalue weighted by molar-refractivity contribution is 7.20. The molecule has 0 saturated heterocycles. The largest absolute Gasteiger partial charge is 0.507 e. The molecule has 0 amide bonds. The van der Waals surface area contributed by atoms with E-state index in [-0.39, 0.29) is 5.75 Å². The van der Waals surface area contributed by atoms with Crippen LogP contribution >= 0.6 is 0 Å². The summed E-state index contributed by atoms with van der Waals surface area (Å²) >= 11 is 0. The van der Waals surface area contributed by atoms with Crippen molar-refractivity contribution in [3.63, 3.8) is 0 Å². The molecule has 65 heavy (non-hydrogen) atoms. The number of hydrogen-bond donors (Lipinski definition) is 1. The number of fused-ring (bicyclic) bond motifs is 5. The summed E-state index contributed by atoms with van der Waals surface area (Å²) in [5.74, 6) is 1.76. The van der Waals surface area contributed by atoms with Crippen molar-refractivity contribution in [1.82, 2.24) is 4.57 Å². The molecule has 0 spiro atoms. The van der Waals surface area contributed by atoms with Crippen LogP contribution in [-0.2, 0) is 0 Å². The number of phenolic OH excluding ortho intramolecular Hbond substituents is 1. The standard InChI is InChI=1S/C60H41BNO2Si/c63-56-39-41(47-26-13-17-34-59(47)65(43-19-4-1-5-20-43,44-21-6-2-7-22-44)45-23-8-3-9-24-45)35-37-50(56)51-29-18-33-57-60(51)61-52-38-36-42(40-58(52)64-57)46-25-10-14-30-53(46)62-54-31-15-11-27-48(54)49-28-12-16-32-55(49)62/h1-40,63H. The number of nitrogens with zero attached hydrogens (tertiary/aromatic N) is 1. The summed E-state index contributed by atoms with van der Waals surface area (Å²) in [5, 5.41) is 19.7. The molecule has 2 heterocycles. The van der Waals surface area contributed by atoms with Gasteiger partial charge in [0.05, 0.1) is 16.7 Å². The fourth-order valence-electron chi connectivity index (χ4n) is 10.3. The Kier molecular flexibility index (Phi) is 9.43. The van der Waals surface area contributed by atoms with Crippen molar-refractivity contribution in [3.05, 3.63) is 243 Å². The van der Waals surface area contributed by atoms with E-state index in [0.717, 1.165) is 61.5 Å². The Hall–Kier alpha value is -8.12. The molecule has 0 unspecified atom stereocenters. The van der Waals surface area contributed by atoms with Crippen LogP contribution in [0, 0.1) is 0 Å². The number of phenols is 1. The van der Waals surface area contributed by atoms with Crippen LogP contribution in [0.3, 0.4) is 0 Å². The second kappa shape index (κ2) is 15.9. The molecule has 1 aromatic heterocycles. The van der Waals surface area contributed by atoms with Gasteiger partial charge >= 0.3 is 0 Å². The fourth-order valence-corrected chi connectivity index (χ4v) is 15.3. The monoisotopic (exact) mass is 846 g/mol. The molecule has 11 aromatic rings. The summed E-state index contributed by atoms with van der Waals surface area (Å²) in [5.41, 5.74) is 11.3. The maximum atomic E-state index is 12.1. The minimum absolute atomic E-state index is 0.216. The molecule has 1 aliphatic rings. The highest BCUT2D eigenvalue weighted by atomic mass is 28.3. The van der Waals surface area contributed by atoms with Crippen molar-refractivity contribution in [1.29, 1.82) is 0 Å². The summed E-state index contributed by atoms with van der Waals surface area (Å²) < 4.78 is 9.14. The molecule has 1 radical (unpaired) electrons. The predicted octanol–water partition coefficient (Wildman–Crippen LogP) is 10.6. The average Bonchev–Trinajstić information content (AvgIpc) is 3.71. The predicted molar refractivity (Wildman–Crippen MR) is 274 cm³/mol. The molecular weight excluding hydrogens is 806 g/mol. The van der Waals surface area contributed by atoms with E-state index in [9.17, 15) is 5.11 Å². The van der Waals surface area contributed by atoms with Crippen molar-refractivity contribution < 1.29 is 9.84 Å². The van der Waals surface area contributed by atoms with Crippen LogP contribution in [-0.4, -0.2) is 25.0 Å². The highest BCUT2D eigenvalue weighted by Gasteiger charge is 2.43. The molecule has 1 N–H and O–H groups in total. The smallest absolute Gasteiger partial charge is 0.202 e. The van der Waals surface area contributed by atoms with Crippen LogP contribution < -0.4 is 36.4 Å². The lowest BCUT2D eigenvalue weighted by molar-refractivity contribution is 0.477. The quantitative estimate of drug-likeness (QED) is 0.122. The Morgan fingerprint density at radius 3 is 1.57 bits per heavy atom. The van der Waals surface area contributed by atoms with E-state index in [1.165, 1.54) is 42.6 Å². The molecule has 0 fully saturated rings. The zero-order valence-corrected chi connectivity index (χ0v) is 36.5. The molecule has 0 atom stereocenters. The van der Waals surface area contributed by atoms with E-state index < -0.39 is 8.07 Å². The number of rotatable bonds is 8. The number of hydrogen-bond acceptors (Lipinski definition) is 2. The van der Waals surface area contributed by atoms with Crippen molar-refractivity contribution in [3.8, 4) is 56.3 Å². The third-order valence-electron chi connectivity index (χ3n) is 13.2. The Morgan fingerprint density at radius 2 is 0.923 bits per heavy atom. The van der Waals surface area contributed by atoms with Gasteiger partial charge in [-0.05, 0) is 90.3 Å². The summed E-state index contributed by atoms with van der Waals surface area (Å²) in [4.78, 5) is 0. The number of ether oxygens (including phenoxy) is 1. The summed E-state index contributed by atoms with van der Waals surface area (Å²) in [6.45, 7) is 0. The van der Waals surface area contributed by atoms with Gasteiger partial charge in [-0.3, -0.25) is 0 Å². The summed E-state index contributed by atoms with van der Waals surface area (Å²) in [7, 11) is -0.656. The second-order valence-electron chi connectivity index (χ2n) is 16.7. The Balaban J connectivity index is 0.918. The van der Waals surface area contributed by atoms with Crippen LogP contribution in [0.5, 0.6) is 17.2 Å². The number of para-hydroxylation sites is 3. The number of aromatic nitrogens is 1. The van der Waals surface area contributed by atoms with Gasteiger partial charge < -0.3 is 14.4 Å². The number of aromatic hydroxyl groups is 1. The van der Waals surface area contributed by atoms with Gasteiger partial charge in [0.2, 0.25) is 7.28 Å². The van der Waals surface area contributed by atoms with Crippen LogP contribution in [0.1, 0.15) is 0 Å². The SMILES string of the molecule is Oc1cc(-c2ccccc2[Si](c2ccccc2)(c2ccccc2)c2ccccc2)ccc1-c1cccc2c1[B]c1ccc(-c3ccccc3-n3c4ccccc4c4ccccc43)cc1O2. The third-order valence-corrected chi connectivity index (χ3v) is 18.0. The maximum Gasteiger partial charge on any atom is 0.202 e. The average molecular weight is 847 g/mol. The molecule has 0 bridgehead atoms. The van der Waals surface area contributed by atoms with E-state index in [1.807, 2.05) is 18.2 Å². The summed E-state index contributed by atoms with van der Waals surface area (Å²) in [6, 6.07) is 86.2. The Bertz CT molecular complexity index is 3420. The van der Waals surface area contributed by atoms with E-state index in [2.05, 4.69) is 236 Å². The van der Waals surface area contributed by atoms with Crippen LogP contribution in [0.15, 0.2) is 243 Å². The molecule has 0 aliphatic carbocycles. The molecule has 10 aromatic carbocycles. The normalized spacial score (nSPS) is 12.0. The third kappa shape index (κ3) is 6.35. The Labute approximate surface area is 380 Å². The van der Waals surface area contributed by atoms with Crippen molar-refractivity contribution in [2.24, 2.45) is 0 Å². The zero-order valence-electron chi connectivity index (χ0n) is 35.5. The zero-order chi connectivity index (χ0) is 43.3. The van der Waals surface area contributed by atoms with Crippen LogP contribution in [0.4, 0.5) is 0 Å². The van der Waals surface area contributed by atoms with Gasteiger partial charge in [0.1, 0.15) is 17.2 Å². The molecule has 5 heteroatoms. The lowest BCUT2D eigenvalue weighted by Crippen LogP contribution is -2.75. The van der Waals surface area contributed by atoms with E-state index in [1.54, 1.807) is 0 Å².